The number of carbonyl (C=O) groups is 3. The molecule has 2 aromatic carbocycles. The maximum Gasteiger partial charge on any atom is 0.308 e. The van der Waals surface area contributed by atoms with Crippen LogP contribution in [0.3, 0.4) is 0 Å². The normalized spacial score (nSPS) is 17.1. The summed E-state index contributed by atoms with van der Waals surface area (Å²) in [4.78, 5) is 39.8. The Hall–Kier alpha value is -3.68. The molecular weight excluding hydrogens is 420 g/mol. The van der Waals surface area contributed by atoms with Gasteiger partial charge >= 0.3 is 5.97 Å². The molecule has 1 heterocycles. The molecule has 2 atom stereocenters. The lowest BCUT2D eigenvalue weighted by atomic mass is 9.92. The number of nitrogens with two attached hydrogens (primary N) is 1. The van der Waals surface area contributed by atoms with Crippen molar-refractivity contribution in [3.8, 4) is 0 Å². The summed E-state index contributed by atoms with van der Waals surface area (Å²) in [5.74, 6) is 4.06. The van der Waals surface area contributed by atoms with Gasteiger partial charge in [0.05, 0.1) is 25.3 Å². The molecule has 1 aliphatic rings. The number of anilines is 1. The highest BCUT2D eigenvalue weighted by Crippen LogP contribution is 2.27. The van der Waals surface area contributed by atoms with Gasteiger partial charge in [-0.25, -0.2) is 0 Å². The van der Waals surface area contributed by atoms with E-state index in [0.717, 1.165) is 23.2 Å². The lowest BCUT2D eigenvalue weighted by molar-refractivity contribution is -0.144. The second-order valence-electron chi connectivity index (χ2n) is 7.94. The van der Waals surface area contributed by atoms with Gasteiger partial charge in [0.15, 0.2) is 0 Å². The average molecular weight is 451 g/mol. The van der Waals surface area contributed by atoms with Crippen LogP contribution < -0.4 is 16.1 Å². The number of hydrogen-bond donors (Lipinski definition) is 2. The van der Waals surface area contributed by atoms with E-state index in [0.29, 0.717) is 13.0 Å². The summed E-state index contributed by atoms with van der Waals surface area (Å²) in [6, 6.07) is 16.2. The zero-order valence-electron chi connectivity index (χ0n) is 18.8. The Morgan fingerprint density at radius 2 is 1.94 bits per heavy atom. The minimum atomic E-state index is -0.510. The van der Waals surface area contributed by atoms with E-state index >= 15 is 0 Å². The van der Waals surface area contributed by atoms with E-state index in [2.05, 4.69) is 10.4 Å². The van der Waals surface area contributed by atoms with Crippen LogP contribution in [0.4, 0.5) is 5.69 Å². The third-order valence-corrected chi connectivity index (χ3v) is 5.62. The van der Waals surface area contributed by atoms with Gasteiger partial charge in [-0.05, 0) is 43.0 Å². The summed E-state index contributed by atoms with van der Waals surface area (Å²) in [6.07, 6.45) is 3.09. The van der Waals surface area contributed by atoms with Crippen molar-refractivity contribution in [1.82, 2.24) is 5.32 Å². The van der Waals surface area contributed by atoms with Gasteiger partial charge in [0, 0.05) is 24.6 Å². The number of nitrogens with one attached hydrogen (secondary N) is 1. The Balaban J connectivity index is 1.66. The standard InChI is InChI=1S/C25H30N4O4/c1-2-33-24(31)16-22(19-7-4-3-5-8-19)28-23(30)15-20-9-6-14-29(25(20)32)21-12-10-18(11-13-21)17-27-26/h3-5,7-8,10-13,17,20,22H,2,6,9,14-16,26H2,1H3,(H,28,30). The Bertz CT molecular complexity index is 976. The van der Waals surface area contributed by atoms with E-state index < -0.39 is 12.0 Å². The summed E-state index contributed by atoms with van der Waals surface area (Å²) >= 11 is 0. The molecular formula is C25H30N4O4. The summed E-state index contributed by atoms with van der Waals surface area (Å²) in [6.45, 7) is 2.63. The zero-order chi connectivity index (χ0) is 23.6. The fourth-order valence-electron chi connectivity index (χ4n) is 4.02. The van der Waals surface area contributed by atoms with Gasteiger partial charge in [-0.3, -0.25) is 14.4 Å². The van der Waals surface area contributed by atoms with Crippen LogP contribution in [0.25, 0.3) is 0 Å². The summed E-state index contributed by atoms with van der Waals surface area (Å²) in [7, 11) is 0. The molecule has 8 nitrogen and oxygen atoms in total. The Morgan fingerprint density at radius 1 is 1.21 bits per heavy atom. The van der Waals surface area contributed by atoms with Crippen LogP contribution in [-0.2, 0) is 19.1 Å². The average Bonchev–Trinajstić information content (AvgIpc) is 2.82. The number of hydrogen-bond acceptors (Lipinski definition) is 6. The van der Waals surface area contributed by atoms with Crippen molar-refractivity contribution in [3.05, 3.63) is 65.7 Å². The molecule has 33 heavy (non-hydrogen) atoms. The van der Waals surface area contributed by atoms with Crippen LogP contribution in [0.5, 0.6) is 0 Å². The van der Waals surface area contributed by atoms with E-state index in [1.54, 1.807) is 11.8 Å². The number of piperidine rings is 1. The van der Waals surface area contributed by atoms with Gasteiger partial charge in [-0.15, -0.1) is 0 Å². The van der Waals surface area contributed by atoms with Gasteiger partial charge < -0.3 is 20.8 Å². The Kier molecular flexibility index (Phi) is 8.57. The number of ether oxygens (including phenoxy) is 1. The molecule has 0 radical (unpaired) electrons. The monoisotopic (exact) mass is 450 g/mol. The molecule has 0 bridgehead atoms. The van der Waals surface area contributed by atoms with E-state index in [1.807, 2.05) is 54.6 Å². The third kappa shape index (κ3) is 6.65. The van der Waals surface area contributed by atoms with Crippen LogP contribution in [0.2, 0.25) is 0 Å². The van der Waals surface area contributed by atoms with Crippen molar-refractivity contribution in [2.75, 3.05) is 18.1 Å². The second kappa shape index (κ2) is 11.8. The lowest BCUT2D eigenvalue weighted by Gasteiger charge is -2.32. The highest BCUT2D eigenvalue weighted by Gasteiger charge is 2.32. The van der Waals surface area contributed by atoms with Gasteiger partial charge in [-0.2, -0.15) is 5.10 Å². The van der Waals surface area contributed by atoms with Gasteiger partial charge in [0.2, 0.25) is 11.8 Å². The molecule has 174 valence electrons. The number of rotatable bonds is 9. The maximum absolute atomic E-state index is 13.1. The minimum absolute atomic E-state index is 0.0345. The highest BCUT2D eigenvalue weighted by molar-refractivity contribution is 5.98. The minimum Gasteiger partial charge on any atom is -0.466 e. The largest absolute Gasteiger partial charge is 0.466 e. The van der Waals surface area contributed by atoms with E-state index in [9.17, 15) is 14.4 Å². The SMILES string of the molecule is CCOC(=O)CC(NC(=O)CC1CCCN(c2ccc(C=NN)cc2)C1=O)c1ccccc1. The second-order valence-corrected chi connectivity index (χ2v) is 7.94. The van der Waals surface area contributed by atoms with Crippen LogP contribution in [0, 0.1) is 5.92 Å². The Morgan fingerprint density at radius 3 is 2.61 bits per heavy atom. The van der Waals surface area contributed by atoms with Crippen molar-refractivity contribution >= 4 is 29.7 Å². The lowest BCUT2D eigenvalue weighted by Crippen LogP contribution is -2.43. The quantitative estimate of drug-likeness (QED) is 0.264. The highest BCUT2D eigenvalue weighted by atomic mass is 16.5. The molecule has 3 rings (SSSR count). The molecule has 2 unspecified atom stereocenters. The summed E-state index contributed by atoms with van der Waals surface area (Å²) in [5, 5.41) is 6.43. The fraction of sp³-hybridized carbons (Fsp3) is 0.360. The van der Waals surface area contributed by atoms with Crippen molar-refractivity contribution in [2.45, 2.75) is 38.6 Å². The van der Waals surface area contributed by atoms with Crippen molar-refractivity contribution in [1.29, 1.82) is 0 Å². The molecule has 8 heteroatoms. The number of esters is 1. The number of nitrogens with zero attached hydrogens (tertiary/aromatic N) is 2. The number of carbonyl (C=O) groups excluding carboxylic acids is 3. The van der Waals surface area contributed by atoms with Crippen molar-refractivity contribution in [3.63, 3.8) is 0 Å². The van der Waals surface area contributed by atoms with E-state index in [-0.39, 0.29) is 37.2 Å². The fourth-order valence-corrected chi connectivity index (χ4v) is 4.02. The number of hydrazone groups is 1. The van der Waals surface area contributed by atoms with E-state index in [4.69, 9.17) is 10.6 Å². The number of amides is 2. The third-order valence-electron chi connectivity index (χ3n) is 5.62. The predicted molar refractivity (Wildman–Crippen MR) is 126 cm³/mol. The molecule has 1 aliphatic heterocycles. The molecule has 1 fully saturated rings. The van der Waals surface area contributed by atoms with Gasteiger partial charge in [-0.1, -0.05) is 42.5 Å². The first-order valence-electron chi connectivity index (χ1n) is 11.2. The van der Waals surface area contributed by atoms with Crippen LogP contribution >= 0.6 is 0 Å². The van der Waals surface area contributed by atoms with E-state index in [1.165, 1.54) is 6.21 Å². The Labute approximate surface area is 193 Å². The number of benzene rings is 2. The molecule has 0 saturated carbocycles. The van der Waals surface area contributed by atoms with Crippen molar-refractivity contribution < 1.29 is 19.1 Å². The first-order valence-corrected chi connectivity index (χ1v) is 11.2. The van der Waals surface area contributed by atoms with Gasteiger partial charge in [0.1, 0.15) is 0 Å². The zero-order valence-corrected chi connectivity index (χ0v) is 18.8. The van der Waals surface area contributed by atoms with Crippen molar-refractivity contribution in [2.24, 2.45) is 16.9 Å². The smallest absolute Gasteiger partial charge is 0.308 e. The van der Waals surface area contributed by atoms with Crippen LogP contribution in [-0.4, -0.2) is 37.1 Å². The summed E-state index contributed by atoms with van der Waals surface area (Å²) in [5.41, 5.74) is 2.44. The summed E-state index contributed by atoms with van der Waals surface area (Å²) < 4.78 is 5.06. The molecule has 3 N–H and O–H groups in total. The van der Waals surface area contributed by atoms with Gasteiger partial charge in [0.25, 0.3) is 0 Å². The molecule has 0 aliphatic carbocycles. The topological polar surface area (TPSA) is 114 Å². The maximum atomic E-state index is 13.1. The first-order chi connectivity index (χ1) is 16.0. The molecule has 0 spiro atoms. The molecule has 2 aromatic rings. The van der Waals surface area contributed by atoms with Crippen LogP contribution in [0.1, 0.15) is 49.8 Å². The molecule has 2 amide bonds. The first kappa shape index (κ1) is 24.0. The van der Waals surface area contributed by atoms with Crippen LogP contribution in [0.15, 0.2) is 59.7 Å². The molecule has 0 aromatic heterocycles. The predicted octanol–water partition coefficient (Wildman–Crippen LogP) is 2.92. The molecule has 1 saturated heterocycles.